The minimum atomic E-state index is -0.397. The SMILES string of the molecule is Cc1cc(C#Cc2ccccc2)cnc1NC(=O)c1cc(NC(=O)C2CC2)ccc1Cl. The highest BCUT2D eigenvalue weighted by Gasteiger charge is 2.29. The first-order valence-corrected chi connectivity index (χ1v) is 10.3. The molecule has 0 radical (unpaired) electrons. The van der Waals surface area contributed by atoms with Gasteiger partial charge in [-0.05, 0) is 61.7 Å². The molecule has 1 saturated carbocycles. The van der Waals surface area contributed by atoms with Crippen LogP contribution in [0, 0.1) is 24.7 Å². The number of carbonyl (C=O) groups excluding carboxylic acids is 2. The first-order chi connectivity index (χ1) is 15.0. The smallest absolute Gasteiger partial charge is 0.258 e. The van der Waals surface area contributed by atoms with Crippen molar-refractivity contribution in [2.24, 2.45) is 5.92 Å². The summed E-state index contributed by atoms with van der Waals surface area (Å²) < 4.78 is 0. The molecule has 1 aliphatic rings. The Kier molecular flexibility index (Phi) is 6.01. The number of aromatic nitrogens is 1. The van der Waals surface area contributed by atoms with E-state index in [1.165, 1.54) is 0 Å². The van der Waals surface area contributed by atoms with Gasteiger partial charge in [-0.2, -0.15) is 0 Å². The maximum Gasteiger partial charge on any atom is 0.258 e. The Labute approximate surface area is 185 Å². The number of benzene rings is 2. The van der Waals surface area contributed by atoms with E-state index in [0.717, 1.165) is 29.5 Å². The maximum atomic E-state index is 12.8. The fraction of sp³-hybridized carbons (Fsp3) is 0.160. The van der Waals surface area contributed by atoms with Gasteiger partial charge in [0.1, 0.15) is 5.82 Å². The molecule has 0 aliphatic heterocycles. The molecule has 6 heteroatoms. The molecular formula is C25H20ClN3O2. The highest BCUT2D eigenvalue weighted by atomic mass is 35.5. The van der Waals surface area contributed by atoms with Crippen LogP contribution in [0.1, 0.15) is 39.9 Å². The molecule has 2 amide bonds. The number of hydrogen-bond donors (Lipinski definition) is 2. The lowest BCUT2D eigenvalue weighted by Crippen LogP contribution is -2.17. The van der Waals surface area contributed by atoms with Gasteiger partial charge in [-0.25, -0.2) is 4.98 Å². The Bertz CT molecular complexity index is 1210. The molecule has 0 atom stereocenters. The molecule has 5 nitrogen and oxygen atoms in total. The molecule has 0 bridgehead atoms. The Morgan fingerprint density at radius 1 is 1.00 bits per heavy atom. The van der Waals surface area contributed by atoms with Crippen molar-refractivity contribution in [3.05, 3.63) is 88.1 Å². The van der Waals surface area contributed by atoms with Gasteiger partial charge in [-0.1, -0.05) is 41.6 Å². The van der Waals surface area contributed by atoms with E-state index in [1.807, 2.05) is 43.3 Å². The van der Waals surface area contributed by atoms with E-state index in [9.17, 15) is 9.59 Å². The molecule has 0 unspecified atom stereocenters. The zero-order valence-corrected chi connectivity index (χ0v) is 17.7. The number of carbonyl (C=O) groups is 2. The first-order valence-electron chi connectivity index (χ1n) is 9.95. The lowest BCUT2D eigenvalue weighted by Gasteiger charge is -2.11. The summed E-state index contributed by atoms with van der Waals surface area (Å²) in [5.41, 5.74) is 3.26. The van der Waals surface area contributed by atoms with Gasteiger partial charge in [-0.3, -0.25) is 9.59 Å². The van der Waals surface area contributed by atoms with Crippen LogP contribution in [0.5, 0.6) is 0 Å². The van der Waals surface area contributed by atoms with Gasteiger partial charge in [0.2, 0.25) is 5.91 Å². The Morgan fingerprint density at radius 3 is 2.45 bits per heavy atom. The largest absolute Gasteiger partial charge is 0.326 e. The number of anilines is 2. The Morgan fingerprint density at radius 2 is 1.74 bits per heavy atom. The minimum Gasteiger partial charge on any atom is -0.326 e. The van der Waals surface area contributed by atoms with E-state index in [0.29, 0.717) is 16.5 Å². The maximum absolute atomic E-state index is 12.8. The van der Waals surface area contributed by atoms with Crippen LogP contribution < -0.4 is 10.6 Å². The molecule has 1 aromatic heterocycles. The van der Waals surface area contributed by atoms with E-state index >= 15 is 0 Å². The van der Waals surface area contributed by atoms with Gasteiger partial charge in [0.15, 0.2) is 0 Å². The van der Waals surface area contributed by atoms with Crippen molar-refractivity contribution in [1.29, 1.82) is 0 Å². The Balaban J connectivity index is 1.48. The molecule has 31 heavy (non-hydrogen) atoms. The zero-order chi connectivity index (χ0) is 21.8. The highest BCUT2D eigenvalue weighted by Crippen LogP contribution is 2.31. The molecule has 4 rings (SSSR count). The second kappa shape index (κ2) is 9.03. The fourth-order valence-electron chi connectivity index (χ4n) is 2.98. The topological polar surface area (TPSA) is 71.1 Å². The lowest BCUT2D eigenvalue weighted by molar-refractivity contribution is -0.117. The summed E-state index contributed by atoms with van der Waals surface area (Å²) in [7, 11) is 0. The van der Waals surface area contributed by atoms with Gasteiger partial charge >= 0.3 is 0 Å². The molecule has 2 N–H and O–H groups in total. The molecule has 1 fully saturated rings. The quantitative estimate of drug-likeness (QED) is 0.570. The van der Waals surface area contributed by atoms with Crippen LogP contribution in [0.2, 0.25) is 5.02 Å². The van der Waals surface area contributed by atoms with Gasteiger partial charge in [0.05, 0.1) is 10.6 Å². The van der Waals surface area contributed by atoms with E-state index in [-0.39, 0.29) is 17.4 Å². The molecular weight excluding hydrogens is 410 g/mol. The average Bonchev–Trinajstić information content (AvgIpc) is 3.61. The van der Waals surface area contributed by atoms with E-state index in [1.54, 1.807) is 24.4 Å². The molecule has 2 aromatic carbocycles. The monoisotopic (exact) mass is 429 g/mol. The summed E-state index contributed by atoms with van der Waals surface area (Å²) >= 11 is 6.22. The number of aryl methyl sites for hydroxylation is 1. The van der Waals surface area contributed by atoms with Crippen molar-refractivity contribution >= 4 is 34.9 Å². The van der Waals surface area contributed by atoms with Crippen LogP contribution in [-0.2, 0) is 4.79 Å². The second-order valence-electron chi connectivity index (χ2n) is 7.42. The highest BCUT2D eigenvalue weighted by molar-refractivity contribution is 6.34. The van der Waals surface area contributed by atoms with Crippen LogP contribution in [0.3, 0.4) is 0 Å². The van der Waals surface area contributed by atoms with Crippen molar-refractivity contribution in [1.82, 2.24) is 4.98 Å². The van der Waals surface area contributed by atoms with Crippen LogP contribution in [-0.4, -0.2) is 16.8 Å². The summed E-state index contributed by atoms with van der Waals surface area (Å²) in [6.45, 7) is 1.85. The number of nitrogens with one attached hydrogen (secondary N) is 2. The third-order valence-electron chi connectivity index (χ3n) is 4.86. The normalized spacial score (nSPS) is 12.5. The van der Waals surface area contributed by atoms with Crippen LogP contribution in [0.25, 0.3) is 0 Å². The van der Waals surface area contributed by atoms with E-state index < -0.39 is 5.91 Å². The van der Waals surface area contributed by atoms with Crippen molar-refractivity contribution in [2.45, 2.75) is 19.8 Å². The van der Waals surface area contributed by atoms with Crippen molar-refractivity contribution in [3.8, 4) is 11.8 Å². The summed E-state index contributed by atoms with van der Waals surface area (Å²) in [6.07, 6.45) is 3.43. The molecule has 154 valence electrons. The Hall–Kier alpha value is -3.62. The fourth-order valence-corrected chi connectivity index (χ4v) is 3.18. The van der Waals surface area contributed by atoms with E-state index in [2.05, 4.69) is 27.5 Å². The second-order valence-corrected chi connectivity index (χ2v) is 7.82. The average molecular weight is 430 g/mol. The van der Waals surface area contributed by atoms with Gasteiger partial charge < -0.3 is 10.6 Å². The van der Waals surface area contributed by atoms with Crippen LogP contribution in [0.4, 0.5) is 11.5 Å². The first kappa shape index (κ1) is 20.6. The summed E-state index contributed by atoms with van der Waals surface area (Å²) in [4.78, 5) is 29.1. The van der Waals surface area contributed by atoms with Gasteiger partial charge in [0.25, 0.3) is 5.91 Å². The lowest BCUT2D eigenvalue weighted by atomic mass is 10.1. The summed E-state index contributed by atoms with van der Waals surface area (Å²) in [5.74, 6) is 6.24. The molecule has 0 saturated heterocycles. The number of rotatable bonds is 4. The molecule has 3 aromatic rings. The molecule has 0 spiro atoms. The third kappa shape index (κ3) is 5.30. The molecule has 1 heterocycles. The van der Waals surface area contributed by atoms with Crippen molar-refractivity contribution in [3.63, 3.8) is 0 Å². The van der Waals surface area contributed by atoms with E-state index in [4.69, 9.17) is 11.6 Å². The van der Waals surface area contributed by atoms with Crippen LogP contribution >= 0.6 is 11.6 Å². The van der Waals surface area contributed by atoms with Gasteiger partial charge in [-0.15, -0.1) is 0 Å². The standard InChI is InChI=1S/C25H20ClN3O2/c1-16-13-18(8-7-17-5-3-2-4-6-17)15-27-23(16)29-25(31)21-14-20(11-12-22(21)26)28-24(30)19-9-10-19/h2-6,11-15,19H,9-10H2,1H3,(H,28,30)(H,27,29,31). The number of halogens is 1. The summed E-state index contributed by atoms with van der Waals surface area (Å²) in [5, 5.41) is 5.91. The van der Waals surface area contributed by atoms with Gasteiger partial charge in [0, 0.05) is 28.9 Å². The zero-order valence-electron chi connectivity index (χ0n) is 16.9. The minimum absolute atomic E-state index is 0.0293. The number of nitrogens with zero attached hydrogens (tertiary/aromatic N) is 1. The van der Waals surface area contributed by atoms with Crippen molar-refractivity contribution in [2.75, 3.05) is 10.6 Å². The number of hydrogen-bond acceptors (Lipinski definition) is 3. The predicted octanol–water partition coefficient (Wildman–Crippen LogP) is 5.04. The number of amides is 2. The molecule has 1 aliphatic carbocycles. The summed E-state index contributed by atoms with van der Waals surface area (Å²) in [6, 6.07) is 16.4. The third-order valence-corrected chi connectivity index (χ3v) is 5.19. The van der Waals surface area contributed by atoms with Crippen molar-refractivity contribution < 1.29 is 9.59 Å². The predicted molar refractivity (Wildman–Crippen MR) is 122 cm³/mol. The number of pyridine rings is 1. The van der Waals surface area contributed by atoms with Crippen LogP contribution in [0.15, 0.2) is 60.8 Å².